The molecule has 3 aromatic carbocycles. The van der Waals surface area contributed by atoms with Gasteiger partial charge in [-0.3, -0.25) is 14.5 Å². The molecule has 38 heavy (non-hydrogen) atoms. The van der Waals surface area contributed by atoms with E-state index in [0.717, 1.165) is 34.8 Å². The van der Waals surface area contributed by atoms with E-state index in [1.807, 2.05) is 30.3 Å². The van der Waals surface area contributed by atoms with Crippen LogP contribution in [0.3, 0.4) is 0 Å². The summed E-state index contributed by atoms with van der Waals surface area (Å²) in [5.41, 5.74) is 9.16. The smallest absolute Gasteiger partial charge is 0.261 e. The quantitative estimate of drug-likeness (QED) is 0.260. The number of imide groups is 1. The zero-order chi connectivity index (χ0) is 27.2. The molecule has 2 unspecified atom stereocenters. The molecular formula is C30H33N3O4S. The number of sulfone groups is 1. The lowest BCUT2D eigenvalue weighted by atomic mass is 9.74. The maximum atomic E-state index is 13.1. The molecule has 0 saturated heterocycles. The molecular weight excluding hydrogens is 498 g/mol. The summed E-state index contributed by atoms with van der Waals surface area (Å²) < 4.78 is 24.2. The van der Waals surface area contributed by atoms with Gasteiger partial charge in [-0.2, -0.15) is 0 Å². The van der Waals surface area contributed by atoms with Crippen molar-refractivity contribution in [3.05, 3.63) is 77.4 Å². The Morgan fingerprint density at radius 3 is 2.32 bits per heavy atom. The number of benzene rings is 3. The highest BCUT2D eigenvalue weighted by Gasteiger charge is 2.35. The third kappa shape index (κ3) is 4.63. The van der Waals surface area contributed by atoms with E-state index in [0.29, 0.717) is 30.6 Å². The normalized spacial score (nSPS) is 21.6. The highest BCUT2D eigenvalue weighted by Crippen LogP contribution is 2.38. The minimum Gasteiger partial charge on any atom is -0.398 e. The van der Waals surface area contributed by atoms with Crippen molar-refractivity contribution < 1.29 is 18.0 Å². The second-order valence-corrected chi connectivity index (χ2v) is 12.7. The van der Waals surface area contributed by atoms with Crippen molar-refractivity contribution in [2.45, 2.75) is 43.5 Å². The molecule has 8 heteroatoms. The molecule has 0 fully saturated rings. The fourth-order valence-corrected chi connectivity index (χ4v) is 6.44. The van der Waals surface area contributed by atoms with Crippen molar-refractivity contribution in [1.29, 1.82) is 0 Å². The number of hydrogen-bond donors (Lipinski definition) is 2. The molecule has 0 radical (unpaired) electrons. The lowest BCUT2D eigenvalue weighted by Crippen LogP contribution is -2.50. The van der Waals surface area contributed by atoms with E-state index in [2.05, 4.69) is 25.2 Å². The van der Waals surface area contributed by atoms with Crippen molar-refractivity contribution in [2.75, 3.05) is 25.1 Å². The summed E-state index contributed by atoms with van der Waals surface area (Å²) in [4.78, 5) is 27.8. The molecule has 0 saturated carbocycles. The Balaban J connectivity index is 1.23. The maximum absolute atomic E-state index is 13.1. The SMILES string of the molecule is CC1CC(c2ccc(N)c(S(C)(=O)=O)c2)=CCC1(C)NCCCN1C(=O)c2cccc3cccc(c23)C1=O. The molecule has 1 aliphatic carbocycles. The Hall–Kier alpha value is -3.49. The van der Waals surface area contributed by atoms with Gasteiger partial charge in [-0.15, -0.1) is 0 Å². The van der Waals surface area contributed by atoms with Crippen LogP contribution >= 0.6 is 0 Å². The molecule has 2 atom stereocenters. The van der Waals surface area contributed by atoms with E-state index in [1.54, 1.807) is 24.3 Å². The van der Waals surface area contributed by atoms with Crippen LogP contribution in [0.1, 0.15) is 59.4 Å². The first-order chi connectivity index (χ1) is 18.0. The largest absolute Gasteiger partial charge is 0.398 e. The Bertz CT molecular complexity index is 1540. The molecule has 1 heterocycles. The first-order valence-electron chi connectivity index (χ1n) is 12.9. The van der Waals surface area contributed by atoms with E-state index in [4.69, 9.17) is 5.73 Å². The zero-order valence-corrected chi connectivity index (χ0v) is 22.8. The third-order valence-electron chi connectivity index (χ3n) is 8.11. The number of carbonyl (C=O) groups is 2. The number of carbonyl (C=O) groups excluding carboxylic acids is 2. The summed E-state index contributed by atoms with van der Waals surface area (Å²) in [6.45, 7) is 5.38. The molecule has 2 amide bonds. The molecule has 1 aliphatic heterocycles. The van der Waals surface area contributed by atoms with E-state index >= 15 is 0 Å². The molecule has 5 rings (SSSR count). The summed E-state index contributed by atoms with van der Waals surface area (Å²) in [5.74, 6) is -0.188. The standard InChI is InChI=1S/C30H33N3O4S/c1-19-17-22(21-11-12-25(31)26(18-21)38(3,36)37)13-14-30(19,2)32-15-6-16-33-28(34)23-9-4-7-20-8-5-10-24(27(20)23)29(33)35/h4-5,7-13,18-19,32H,6,14-17,31H2,1-3H3. The highest BCUT2D eigenvalue weighted by atomic mass is 32.2. The van der Waals surface area contributed by atoms with Crippen LogP contribution in [0, 0.1) is 5.92 Å². The second-order valence-electron chi connectivity index (χ2n) is 10.7. The molecule has 3 aromatic rings. The fourth-order valence-electron chi connectivity index (χ4n) is 5.61. The molecule has 7 nitrogen and oxygen atoms in total. The average molecular weight is 532 g/mol. The van der Waals surface area contributed by atoms with Gasteiger partial charge in [0.15, 0.2) is 9.84 Å². The van der Waals surface area contributed by atoms with Gasteiger partial charge >= 0.3 is 0 Å². The van der Waals surface area contributed by atoms with Gasteiger partial charge in [0.2, 0.25) is 0 Å². The van der Waals surface area contributed by atoms with Gasteiger partial charge in [0.1, 0.15) is 0 Å². The lowest BCUT2D eigenvalue weighted by Gasteiger charge is -2.40. The van der Waals surface area contributed by atoms with E-state index < -0.39 is 9.84 Å². The fraction of sp³-hybridized carbons (Fsp3) is 0.333. The summed E-state index contributed by atoms with van der Waals surface area (Å²) in [5, 5.41) is 5.31. The second kappa shape index (κ2) is 9.67. The van der Waals surface area contributed by atoms with Crippen molar-refractivity contribution in [3.63, 3.8) is 0 Å². The zero-order valence-electron chi connectivity index (χ0n) is 22.0. The molecule has 0 aromatic heterocycles. The molecule has 0 spiro atoms. The molecule has 0 bridgehead atoms. The minimum absolute atomic E-state index is 0.162. The number of allylic oxidation sites excluding steroid dienone is 1. The monoisotopic (exact) mass is 531 g/mol. The number of nitrogens with one attached hydrogen (secondary N) is 1. The van der Waals surface area contributed by atoms with Gasteiger partial charge in [-0.1, -0.05) is 43.3 Å². The van der Waals surface area contributed by atoms with Crippen LogP contribution in [0.5, 0.6) is 0 Å². The van der Waals surface area contributed by atoms with Crippen LogP contribution in [-0.4, -0.2) is 50.0 Å². The summed E-state index contributed by atoms with van der Waals surface area (Å²) >= 11 is 0. The van der Waals surface area contributed by atoms with Crippen LogP contribution in [0.4, 0.5) is 5.69 Å². The molecule has 2 aliphatic rings. The number of hydrogen-bond acceptors (Lipinski definition) is 6. The van der Waals surface area contributed by atoms with Gasteiger partial charge in [0, 0.05) is 34.9 Å². The van der Waals surface area contributed by atoms with Crippen molar-refractivity contribution in [2.24, 2.45) is 5.92 Å². The van der Waals surface area contributed by atoms with Gasteiger partial charge in [0.05, 0.1) is 10.6 Å². The van der Waals surface area contributed by atoms with Crippen LogP contribution in [0.2, 0.25) is 0 Å². The maximum Gasteiger partial charge on any atom is 0.261 e. The average Bonchev–Trinajstić information content (AvgIpc) is 2.88. The Morgan fingerprint density at radius 1 is 1.05 bits per heavy atom. The number of nitrogens with zero attached hydrogens (tertiary/aromatic N) is 1. The van der Waals surface area contributed by atoms with Gasteiger partial charge in [-0.05, 0) is 79.4 Å². The predicted octanol–water partition coefficient (Wildman–Crippen LogP) is 4.67. The lowest BCUT2D eigenvalue weighted by molar-refractivity contribution is 0.0607. The van der Waals surface area contributed by atoms with Crippen LogP contribution < -0.4 is 11.1 Å². The Morgan fingerprint density at radius 2 is 1.71 bits per heavy atom. The summed E-state index contributed by atoms with van der Waals surface area (Å²) in [6.07, 6.45) is 5.55. The van der Waals surface area contributed by atoms with Crippen molar-refractivity contribution >= 4 is 43.7 Å². The Labute approximate surface area is 223 Å². The van der Waals surface area contributed by atoms with Crippen molar-refractivity contribution in [1.82, 2.24) is 10.2 Å². The highest BCUT2D eigenvalue weighted by molar-refractivity contribution is 7.90. The van der Waals surface area contributed by atoms with Gasteiger partial charge in [-0.25, -0.2) is 8.42 Å². The minimum atomic E-state index is -3.41. The number of nitrogens with two attached hydrogens (primary N) is 1. The van der Waals surface area contributed by atoms with Crippen molar-refractivity contribution in [3.8, 4) is 0 Å². The van der Waals surface area contributed by atoms with Gasteiger partial charge in [0.25, 0.3) is 11.8 Å². The van der Waals surface area contributed by atoms with E-state index in [-0.39, 0.29) is 33.9 Å². The first-order valence-corrected chi connectivity index (χ1v) is 14.8. The molecule has 198 valence electrons. The first kappa shape index (κ1) is 26.1. The predicted molar refractivity (Wildman–Crippen MR) is 151 cm³/mol. The molecule has 3 N–H and O–H groups in total. The van der Waals surface area contributed by atoms with Crippen LogP contribution in [0.15, 0.2) is 65.6 Å². The third-order valence-corrected chi connectivity index (χ3v) is 9.27. The van der Waals surface area contributed by atoms with Crippen LogP contribution in [0.25, 0.3) is 16.3 Å². The van der Waals surface area contributed by atoms with E-state index in [1.165, 1.54) is 11.2 Å². The van der Waals surface area contributed by atoms with Gasteiger partial charge < -0.3 is 11.1 Å². The number of anilines is 1. The van der Waals surface area contributed by atoms with E-state index in [9.17, 15) is 18.0 Å². The summed E-state index contributed by atoms with van der Waals surface area (Å²) in [7, 11) is -3.41. The number of nitrogen functional groups attached to an aromatic ring is 1. The topological polar surface area (TPSA) is 110 Å². The number of amides is 2. The number of rotatable bonds is 7. The Kier molecular flexibility index (Phi) is 6.65. The summed E-state index contributed by atoms with van der Waals surface area (Å²) in [6, 6.07) is 16.3. The van der Waals surface area contributed by atoms with Crippen LogP contribution in [-0.2, 0) is 9.84 Å².